The van der Waals surface area contributed by atoms with Crippen molar-refractivity contribution in [1.29, 1.82) is 0 Å². The van der Waals surface area contributed by atoms with E-state index < -0.39 is 0 Å². The van der Waals surface area contributed by atoms with Crippen LogP contribution < -0.4 is 4.90 Å². The van der Waals surface area contributed by atoms with Crippen molar-refractivity contribution in [2.45, 2.75) is 0 Å². The Morgan fingerprint density at radius 3 is 1.83 bits per heavy atom. The molecule has 2 nitrogen and oxygen atoms in total. The van der Waals surface area contributed by atoms with E-state index in [4.69, 9.17) is 4.42 Å². The lowest BCUT2D eigenvalue weighted by Crippen LogP contribution is -2.10. The van der Waals surface area contributed by atoms with Crippen LogP contribution in [0.4, 0.5) is 17.1 Å². The Hall–Kier alpha value is -6.38. The van der Waals surface area contributed by atoms with Gasteiger partial charge in [0.1, 0.15) is 11.2 Å². The van der Waals surface area contributed by atoms with Gasteiger partial charge in [0.05, 0.1) is 5.69 Å². The fraction of sp³-hybridized carbons (Fsp3) is 0. The minimum absolute atomic E-state index is 0.916. The average Bonchev–Trinajstić information content (AvgIpc) is 3.54. The van der Waals surface area contributed by atoms with Crippen LogP contribution >= 0.6 is 0 Å². The standard InChI is InChI=1S/C46H29NO/c1-2-10-30(11-3-1)31-20-23-35(24-21-31)47(36-25-27-38-33(28-36)22-26-42-40-15-8-9-17-44(40)48-46(38)42)43-29-34-19-18-32-12-4-5-13-37(32)45(34)41-16-7-6-14-39(41)43/h1-29H. The average molecular weight is 612 g/mol. The van der Waals surface area contributed by atoms with E-state index in [9.17, 15) is 0 Å². The number of benzene rings is 9. The zero-order chi connectivity index (χ0) is 31.6. The van der Waals surface area contributed by atoms with Gasteiger partial charge in [-0.2, -0.15) is 0 Å². The highest BCUT2D eigenvalue weighted by atomic mass is 16.3. The molecule has 0 spiro atoms. The van der Waals surface area contributed by atoms with Gasteiger partial charge in [-0.3, -0.25) is 0 Å². The summed E-state index contributed by atoms with van der Waals surface area (Å²) in [6, 6.07) is 63.4. The lowest BCUT2D eigenvalue weighted by atomic mass is 9.94. The molecule has 48 heavy (non-hydrogen) atoms. The first-order valence-corrected chi connectivity index (χ1v) is 16.4. The number of anilines is 3. The Morgan fingerprint density at radius 1 is 0.354 bits per heavy atom. The monoisotopic (exact) mass is 611 g/mol. The molecule has 1 heterocycles. The lowest BCUT2D eigenvalue weighted by Gasteiger charge is -2.28. The summed E-state index contributed by atoms with van der Waals surface area (Å²) in [6.45, 7) is 0. The summed E-state index contributed by atoms with van der Waals surface area (Å²) >= 11 is 0. The second kappa shape index (κ2) is 10.6. The third-order valence-corrected chi connectivity index (χ3v) is 9.80. The zero-order valence-corrected chi connectivity index (χ0v) is 26.1. The van der Waals surface area contributed by atoms with Crippen molar-refractivity contribution in [3.05, 3.63) is 176 Å². The van der Waals surface area contributed by atoms with Gasteiger partial charge < -0.3 is 9.32 Å². The quantitative estimate of drug-likeness (QED) is 0.184. The maximum atomic E-state index is 6.42. The molecule has 0 radical (unpaired) electrons. The summed E-state index contributed by atoms with van der Waals surface area (Å²) in [5, 5.41) is 12.0. The third kappa shape index (κ3) is 4.13. The van der Waals surface area contributed by atoms with Gasteiger partial charge in [-0.15, -0.1) is 0 Å². The molecule has 0 bridgehead atoms. The van der Waals surface area contributed by atoms with Gasteiger partial charge in [-0.25, -0.2) is 0 Å². The van der Waals surface area contributed by atoms with Crippen molar-refractivity contribution >= 4 is 82.1 Å². The molecule has 1 aromatic heterocycles. The Bertz CT molecular complexity index is 2830. The molecule has 0 saturated carbocycles. The van der Waals surface area contributed by atoms with Crippen LogP contribution in [0.1, 0.15) is 0 Å². The first-order valence-electron chi connectivity index (χ1n) is 16.4. The Labute approximate surface area is 277 Å². The number of furan rings is 1. The molecule has 0 amide bonds. The number of fused-ring (bicyclic) bond motifs is 10. The van der Waals surface area contributed by atoms with Gasteiger partial charge in [-0.05, 0) is 92.0 Å². The molecule has 0 N–H and O–H groups in total. The van der Waals surface area contributed by atoms with Crippen LogP contribution in [-0.4, -0.2) is 0 Å². The van der Waals surface area contributed by atoms with Crippen LogP contribution in [0.3, 0.4) is 0 Å². The molecule has 9 aromatic carbocycles. The number of nitrogens with zero attached hydrogens (tertiary/aromatic N) is 1. The predicted octanol–water partition coefficient (Wildman–Crippen LogP) is 13.3. The van der Waals surface area contributed by atoms with Gasteiger partial charge in [0.2, 0.25) is 0 Å². The van der Waals surface area contributed by atoms with Crippen molar-refractivity contribution in [3.8, 4) is 11.1 Å². The molecule has 0 fully saturated rings. The molecule has 0 aliphatic heterocycles. The van der Waals surface area contributed by atoms with Crippen LogP contribution in [-0.2, 0) is 0 Å². The van der Waals surface area contributed by atoms with Crippen LogP contribution in [0.2, 0.25) is 0 Å². The molecule has 2 heteroatoms. The minimum Gasteiger partial charge on any atom is -0.455 e. The van der Waals surface area contributed by atoms with Gasteiger partial charge in [0.15, 0.2) is 0 Å². The third-order valence-electron chi connectivity index (χ3n) is 9.80. The maximum Gasteiger partial charge on any atom is 0.143 e. The number of para-hydroxylation sites is 1. The molecule has 0 saturated heterocycles. The fourth-order valence-corrected chi connectivity index (χ4v) is 7.54. The molecular weight excluding hydrogens is 583 g/mol. The first-order chi connectivity index (χ1) is 23.8. The largest absolute Gasteiger partial charge is 0.455 e. The Morgan fingerprint density at radius 2 is 0.979 bits per heavy atom. The molecule has 0 aliphatic rings. The summed E-state index contributed by atoms with van der Waals surface area (Å²) in [4.78, 5) is 2.41. The minimum atomic E-state index is 0.916. The van der Waals surface area contributed by atoms with Gasteiger partial charge >= 0.3 is 0 Å². The lowest BCUT2D eigenvalue weighted by molar-refractivity contribution is 0.672. The second-order valence-corrected chi connectivity index (χ2v) is 12.5. The van der Waals surface area contributed by atoms with Crippen molar-refractivity contribution in [3.63, 3.8) is 0 Å². The highest BCUT2D eigenvalue weighted by Crippen LogP contribution is 2.45. The van der Waals surface area contributed by atoms with Crippen molar-refractivity contribution < 1.29 is 4.42 Å². The number of rotatable bonds is 4. The molecule has 224 valence electrons. The zero-order valence-electron chi connectivity index (χ0n) is 26.1. The molecule has 10 aromatic rings. The summed E-state index contributed by atoms with van der Waals surface area (Å²) in [7, 11) is 0. The van der Waals surface area contributed by atoms with Crippen LogP contribution in [0.15, 0.2) is 180 Å². The van der Waals surface area contributed by atoms with Crippen LogP contribution in [0.5, 0.6) is 0 Å². The van der Waals surface area contributed by atoms with E-state index in [0.717, 1.165) is 49.8 Å². The summed E-state index contributed by atoms with van der Waals surface area (Å²) in [5.74, 6) is 0. The highest BCUT2D eigenvalue weighted by Gasteiger charge is 2.20. The van der Waals surface area contributed by atoms with Crippen molar-refractivity contribution in [1.82, 2.24) is 0 Å². The predicted molar refractivity (Wildman–Crippen MR) is 204 cm³/mol. The number of hydrogen-bond acceptors (Lipinski definition) is 2. The normalized spacial score (nSPS) is 11.8. The van der Waals surface area contributed by atoms with E-state index in [1.807, 2.05) is 12.1 Å². The van der Waals surface area contributed by atoms with E-state index in [0.29, 0.717) is 0 Å². The van der Waals surface area contributed by atoms with E-state index in [1.54, 1.807) is 0 Å². The summed E-state index contributed by atoms with van der Waals surface area (Å²) < 4.78 is 6.42. The van der Waals surface area contributed by atoms with Gasteiger partial charge in [-0.1, -0.05) is 127 Å². The molecule has 10 rings (SSSR count). The highest BCUT2D eigenvalue weighted by molar-refractivity contribution is 6.24. The maximum absolute atomic E-state index is 6.42. The topological polar surface area (TPSA) is 16.4 Å². The molecule has 0 atom stereocenters. The molecular formula is C46H29NO. The van der Waals surface area contributed by atoms with E-state index in [2.05, 4.69) is 169 Å². The van der Waals surface area contributed by atoms with Crippen LogP contribution in [0.25, 0.3) is 76.2 Å². The summed E-state index contributed by atoms with van der Waals surface area (Å²) in [6.07, 6.45) is 0. The molecule has 0 unspecified atom stereocenters. The summed E-state index contributed by atoms with van der Waals surface area (Å²) in [5.41, 5.74) is 7.59. The van der Waals surface area contributed by atoms with Gasteiger partial charge in [0.25, 0.3) is 0 Å². The number of hydrogen-bond donors (Lipinski definition) is 0. The smallest absolute Gasteiger partial charge is 0.143 e. The van der Waals surface area contributed by atoms with E-state index in [-0.39, 0.29) is 0 Å². The fourth-order valence-electron chi connectivity index (χ4n) is 7.54. The van der Waals surface area contributed by atoms with Crippen molar-refractivity contribution in [2.24, 2.45) is 0 Å². The SMILES string of the molecule is c1ccc(-c2ccc(N(c3ccc4c(ccc5c6ccccc6oc45)c3)c3cc4ccc5ccccc5c4c4ccccc34)cc2)cc1. The van der Waals surface area contributed by atoms with E-state index >= 15 is 0 Å². The second-order valence-electron chi connectivity index (χ2n) is 12.5. The first kappa shape index (κ1) is 26.8. The van der Waals surface area contributed by atoms with E-state index in [1.165, 1.54) is 43.4 Å². The Balaban J connectivity index is 1.23. The molecule has 0 aliphatic carbocycles. The Kier molecular flexibility index (Phi) is 5.91. The van der Waals surface area contributed by atoms with Gasteiger partial charge in [0, 0.05) is 32.9 Å². The van der Waals surface area contributed by atoms with Crippen molar-refractivity contribution in [2.75, 3.05) is 4.90 Å². The van der Waals surface area contributed by atoms with Crippen LogP contribution in [0, 0.1) is 0 Å².